The Morgan fingerprint density at radius 1 is 1.53 bits per heavy atom. The maximum Gasteiger partial charge on any atom is 0.343 e. The Balaban J connectivity index is 2.04. The number of nitrogens with zero attached hydrogens (tertiary/aromatic N) is 3. The number of nitrogens with two attached hydrogens (primary N) is 1. The van der Waals surface area contributed by atoms with E-state index < -0.39 is 5.97 Å². The van der Waals surface area contributed by atoms with Gasteiger partial charge in [-0.1, -0.05) is 11.8 Å². The molecule has 0 unspecified atom stereocenters. The van der Waals surface area contributed by atoms with Gasteiger partial charge in [0, 0.05) is 17.3 Å². The number of carbonyl (C=O) groups excluding carboxylic acids is 1. The monoisotopic (exact) mass is 296 g/mol. The van der Waals surface area contributed by atoms with E-state index in [-0.39, 0.29) is 11.4 Å². The van der Waals surface area contributed by atoms with Crippen molar-refractivity contribution in [3.63, 3.8) is 0 Å². The third-order valence-electron chi connectivity index (χ3n) is 2.12. The summed E-state index contributed by atoms with van der Waals surface area (Å²) in [5, 5.41) is 2.47. The maximum atomic E-state index is 11.5. The second-order valence-electron chi connectivity index (χ2n) is 3.44. The number of aromatic nitrogens is 3. The molecule has 100 valence electrons. The highest BCUT2D eigenvalue weighted by molar-refractivity contribution is 7.98. The van der Waals surface area contributed by atoms with E-state index in [1.165, 1.54) is 29.3 Å². The number of ether oxygens (including phenoxy) is 1. The van der Waals surface area contributed by atoms with Gasteiger partial charge in [0.25, 0.3) is 0 Å². The molecule has 0 aliphatic heterocycles. The second-order valence-corrected chi connectivity index (χ2v) is 5.10. The Hall–Kier alpha value is -1.67. The van der Waals surface area contributed by atoms with Crippen molar-refractivity contribution >= 4 is 34.9 Å². The summed E-state index contributed by atoms with van der Waals surface area (Å²) in [5.41, 5.74) is 8.65. The maximum absolute atomic E-state index is 11.5. The molecule has 2 N–H and O–H groups in total. The Bertz CT molecular complexity index is 560. The molecule has 2 rings (SSSR count). The molecule has 19 heavy (non-hydrogen) atoms. The van der Waals surface area contributed by atoms with Crippen molar-refractivity contribution in [2.45, 2.75) is 17.8 Å². The lowest BCUT2D eigenvalue weighted by atomic mass is 10.3. The van der Waals surface area contributed by atoms with E-state index >= 15 is 0 Å². The van der Waals surface area contributed by atoms with Crippen LogP contribution in [0.15, 0.2) is 22.2 Å². The number of carbonyl (C=O) groups is 1. The first-order valence-corrected chi connectivity index (χ1v) is 7.43. The van der Waals surface area contributed by atoms with Crippen molar-refractivity contribution < 1.29 is 9.53 Å². The molecule has 0 fully saturated rings. The van der Waals surface area contributed by atoms with Gasteiger partial charge in [0.1, 0.15) is 11.4 Å². The number of thiazole rings is 1. The number of anilines is 1. The third kappa shape index (κ3) is 3.65. The Morgan fingerprint density at radius 3 is 3.00 bits per heavy atom. The first-order chi connectivity index (χ1) is 9.20. The smallest absolute Gasteiger partial charge is 0.343 e. The van der Waals surface area contributed by atoms with Gasteiger partial charge in [0.05, 0.1) is 17.8 Å². The lowest BCUT2D eigenvalue weighted by Gasteiger charge is -2.05. The molecule has 0 aromatic carbocycles. The lowest BCUT2D eigenvalue weighted by molar-refractivity contribution is 0.0526. The summed E-state index contributed by atoms with van der Waals surface area (Å²) < 4.78 is 4.85. The molecule has 0 saturated heterocycles. The van der Waals surface area contributed by atoms with Gasteiger partial charge >= 0.3 is 5.97 Å². The first kappa shape index (κ1) is 13.8. The van der Waals surface area contributed by atoms with Crippen LogP contribution < -0.4 is 5.73 Å². The van der Waals surface area contributed by atoms with Gasteiger partial charge in [-0.3, -0.25) is 0 Å². The summed E-state index contributed by atoms with van der Waals surface area (Å²) in [5.74, 6) is 0.298. The SMILES string of the molecule is CCOC(=O)c1cnc(SCc2cscn2)nc1N. The van der Waals surface area contributed by atoms with Crippen LogP contribution in [0.1, 0.15) is 23.0 Å². The zero-order chi connectivity index (χ0) is 13.7. The number of hydrogen-bond acceptors (Lipinski definition) is 8. The molecule has 8 heteroatoms. The van der Waals surface area contributed by atoms with Crippen molar-refractivity contribution in [3.8, 4) is 0 Å². The highest BCUT2D eigenvalue weighted by Crippen LogP contribution is 2.21. The van der Waals surface area contributed by atoms with Crippen molar-refractivity contribution in [2.24, 2.45) is 0 Å². The van der Waals surface area contributed by atoms with Crippen LogP contribution >= 0.6 is 23.1 Å². The fraction of sp³-hybridized carbons (Fsp3) is 0.273. The zero-order valence-electron chi connectivity index (χ0n) is 10.2. The highest BCUT2D eigenvalue weighted by atomic mass is 32.2. The van der Waals surface area contributed by atoms with Gasteiger partial charge in [-0.2, -0.15) is 0 Å². The van der Waals surface area contributed by atoms with Crippen LogP contribution in [0.5, 0.6) is 0 Å². The average molecular weight is 296 g/mol. The second kappa shape index (κ2) is 6.48. The van der Waals surface area contributed by atoms with Gasteiger partial charge in [-0.15, -0.1) is 11.3 Å². The molecule has 0 aliphatic rings. The summed E-state index contributed by atoms with van der Waals surface area (Å²) in [7, 11) is 0. The predicted octanol–water partition coefficient (Wildman–Crippen LogP) is 1.98. The number of esters is 1. The molecule has 2 aromatic heterocycles. The minimum atomic E-state index is -0.504. The minimum Gasteiger partial charge on any atom is -0.462 e. The normalized spacial score (nSPS) is 10.4. The number of rotatable bonds is 5. The van der Waals surface area contributed by atoms with Crippen molar-refractivity contribution in [2.75, 3.05) is 12.3 Å². The predicted molar refractivity (Wildman–Crippen MR) is 74.1 cm³/mol. The Kier molecular flexibility index (Phi) is 4.69. The third-order valence-corrected chi connectivity index (χ3v) is 3.65. The van der Waals surface area contributed by atoms with Gasteiger partial charge in [0.15, 0.2) is 5.16 Å². The Labute approximate surface area is 118 Å². The van der Waals surface area contributed by atoms with E-state index in [0.29, 0.717) is 17.5 Å². The molecule has 0 spiro atoms. The van der Waals surface area contributed by atoms with Crippen LogP contribution in [-0.2, 0) is 10.5 Å². The summed E-state index contributed by atoms with van der Waals surface area (Å²) in [6.07, 6.45) is 1.39. The molecule has 0 radical (unpaired) electrons. The average Bonchev–Trinajstić information content (AvgIpc) is 2.89. The molecule has 0 saturated carbocycles. The van der Waals surface area contributed by atoms with E-state index in [1.807, 2.05) is 5.38 Å². The quantitative estimate of drug-likeness (QED) is 0.512. The highest BCUT2D eigenvalue weighted by Gasteiger charge is 2.13. The molecule has 2 aromatic rings. The summed E-state index contributed by atoms with van der Waals surface area (Å²) in [6, 6.07) is 0. The van der Waals surface area contributed by atoms with Crippen LogP contribution in [0.4, 0.5) is 5.82 Å². The topological polar surface area (TPSA) is 91.0 Å². The molecule has 0 bridgehead atoms. The molecule has 6 nitrogen and oxygen atoms in total. The van der Waals surface area contributed by atoms with Crippen LogP contribution in [0, 0.1) is 0 Å². The van der Waals surface area contributed by atoms with Crippen LogP contribution in [0.25, 0.3) is 0 Å². The van der Waals surface area contributed by atoms with Crippen LogP contribution in [0.3, 0.4) is 0 Å². The molecular formula is C11H12N4O2S2. The molecule has 0 aliphatic carbocycles. The fourth-order valence-electron chi connectivity index (χ4n) is 1.26. The summed E-state index contributed by atoms with van der Waals surface area (Å²) in [4.78, 5) is 23.9. The lowest BCUT2D eigenvalue weighted by Crippen LogP contribution is -2.10. The van der Waals surface area contributed by atoms with Gasteiger partial charge in [-0.05, 0) is 6.92 Å². The van der Waals surface area contributed by atoms with Crippen molar-refractivity contribution in [1.82, 2.24) is 15.0 Å². The minimum absolute atomic E-state index is 0.134. The molecular weight excluding hydrogens is 284 g/mol. The molecule has 0 amide bonds. The number of hydrogen-bond donors (Lipinski definition) is 1. The van der Waals surface area contributed by atoms with Crippen molar-refractivity contribution in [1.29, 1.82) is 0 Å². The van der Waals surface area contributed by atoms with Crippen LogP contribution in [0.2, 0.25) is 0 Å². The molecule has 0 atom stereocenters. The molecule has 2 heterocycles. The number of thioether (sulfide) groups is 1. The van der Waals surface area contributed by atoms with Gasteiger partial charge in [0.2, 0.25) is 0 Å². The first-order valence-electron chi connectivity index (χ1n) is 5.50. The standard InChI is InChI=1S/C11H12N4O2S2/c1-2-17-10(16)8-3-13-11(15-9(8)12)19-5-7-4-18-6-14-7/h3-4,6H,2,5H2,1H3,(H2,12,13,15). The van der Waals surface area contributed by atoms with E-state index in [4.69, 9.17) is 10.5 Å². The van der Waals surface area contributed by atoms with Crippen LogP contribution in [-0.4, -0.2) is 27.5 Å². The zero-order valence-corrected chi connectivity index (χ0v) is 11.8. The van der Waals surface area contributed by atoms with E-state index in [0.717, 1.165) is 5.69 Å². The van der Waals surface area contributed by atoms with E-state index in [9.17, 15) is 4.79 Å². The van der Waals surface area contributed by atoms with Gasteiger partial charge < -0.3 is 10.5 Å². The van der Waals surface area contributed by atoms with E-state index in [1.54, 1.807) is 12.4 Å². The Morgan fingerprint density at radius 2 is 2.37 bits per heavy atom. The van der Waals surface area contributed by atoms with Gasteiger partial charge in [-0.25, -0.2) is 19.7 Å². The summed E-state index contributed by atoms with van der Waals surface area (Å²) >= 11 is 2.95. The number of nitrogen functional groups attached to an aromatic ring is 1. The van der Waals surface area contributed by atoms with Crippen molar-refractivity contribution in [3.05, 3.63) is 28.3 Å². The fourth-order valence-corrected chi connectivity index (χ4v) is 2.65. The summed E-state index contributed by atoms with van der Waals surface area (Å²) in [6.45, 7) is 2.02. The van der Waals surface area contributed by atoms with E-state index in [2.05, 4.69) is 15.0 Å². The largest absolute Gasteiger partial charge is 0.462 e.